The summed E-state index contributed by atoms with van der Waals surface area (Å²) in [5.74, 6) is 0.501. The second kappa shape index (κ2) is 9.99. The molecule has 186 valence electrons. The molecule has 2 aromatic carbocycles. The molecule has 2 N–H and O–H groups in total. The average molecular weight is 482 g/mol. The molecule has 4 aromatic rings. The fraction of sp³-hybridized carbons (Fsp3) is 0.414. The van der Waals surface area contributed by atoms with Gasteiger partial charge in [-0.25, -0.2) is 14.6 Å². The second-order valence-corrected chi connectivity index (χ2v) is 10.4. The molecule has 0 unspecified atom stereocenters. The zero-order chi connectivity index (χ0) is 24.5. The molecule has 6 rings (SSSR count). The molecule has 36 heavy (non-hydrogen) atoms. The molecular weight excluding hydrogens is 446 g/mol. The topological polar surface area (TPSA) is 76.1 Å². The van der Waals surface area contributed by atoms with Crippen LogP contribution in [0.25, 0.3) is 22.3 Å². The van der Waals surface area contributed by atoms with Crippen molar-refractivity contribution in [3.05, 3.63) is 72.1 Å². The van der Waals surface area contributed by atoms with Gasteiger partial charge in [0.05, 0.1) is 11.4 Å². The molecule has 2 fully saturated rings. The summed E-state index contributed by atoms with van der Waals surface area (Å²) in [6.07, 6.45) is 7.14. The number of anilines is 1. The minimum atomic E-state index is 0.344. The molecule has 1 saturated carbocycles. The van der Waals surface area contributed by atoms with Crippen LogP contribution in [0, 0.1) is 0 Å². The predicted octanol–water partition coefficient (Wildman–Crippen LogP) is 4.40. The summed E-state index contributed by atoms with van der Waals surface area (Å²) in [5.41, 5.74) is 11.8. The molecule has 7 nitrogen and oxygen atoms in total. The first-order valence-electron chi connectivity index (χ1n) is 13.2. The molecule has 1 aliphatic heterocycles. The van der Waals surface area contributed by atoms with Crippen LogP contribution in [0.4, 0.5) is 5.82 Å². The van der Waals surface area contributed by atoms with Crippen LogP contribution in [0.1, 0.15) is 42.9 Å². The van der Waals surface area contributed by atoms with Crippen molar-refractivity contribution in [2.24, 2.45) is 0 Å². The summed E-state index contributed by atoms with van der Waals surface area (Å²) in [6, 6.07) is 20.3. The Balaban J connectivity index is 1.24. The third-order valence-corrected chi connectivity index (χ3v) is 8.06. The van der Waals surface area contributed by atoms with Gasteiger partial charge in [0.1, 0.15) is 17.8 Å². The third kappa shape index (κ3) is 4.61. The summed E-state index contributed by atoms with van der Waals surface area (Å²) < 4.78 is 2.14. The van der Waals surface area contributed by atoms with Gasteiger partial charge >= 0.3 is 0 Å². The first-order chi connectivity index (χ1) is 17.7. The Hall–Kier alpha value is -3.29. The van der Waals surface area contributed by atoms with Crippen LogP contribution < -0.4 is 5.73 Å². The van der Waals surface area contributed by atoms with Gasteiger partial charge in [-0.1, -0.05) is 54.6 Å². The van der Waals surface area contributed by atoms with Gasteiger partial charge in [-0.2, -0.15) is 5.10 Å². The van der Waals surface area contributed by atoms with E-state index in [-0.39, 0.29) is 0 Å². The number of fused-ring (bicyclic) bond motifs is 1. The normalized spacial score (nSPS) is 21.7. The average Bonchev–Trinajstić information content (AvgIpc) is 3.31. The van der Waals surface area contributed by atoms with Gasteiger partial charge in [-0.3, -0.25) is 4.90 Å². The molecular formula is C29H35N7. The Morgan fingerprint density at radius 2 is 1.47 bits per heavy atom. The Labute approximate surface area is 213 Å². The fourth-order valence-electron chi connectivity index (χ4n) is 5.92. The Kier molecular flexibility index (Phi) is 6.42. The number of aromatic nitrogens is 4. The quantitative estimate of drug-likeness (QED) is 0.455. The third-order valence-electron chi connectivity index (χ3n) is 8.06. The molecule has 1 saturated heterocycles. The van der Waals surface area contributed by atoms with Crippen molar-refractivity contribution in [3.63, 3.8) is 0 Å². The summed E-state index contributed by atoms with van der Waals surface area (Å²) in [4.78, 5) is 14.1. The van der Waals surface area contributed by atoms with Crippen LogP contribution in [-0.4, -0.2) is 68.8 Å². The monoisotopic (exact) mass is 481 g/mol. The van der Waals surface area contributed by atoms with Crippen molar-refractivity contribution in [3.8, 4) is 11.3 Å². The van der Waals surface area contributed by atoms with Gasteiger partial charge in [0.15, 0.2) is 5.65 Å². The highest BCUT2D eigenvalue weighted by molar-refractivity contribution is 5.98. The summed E-state index contributed by atoms with van der Waals surface area (Å²) >= 11 is 0. The lowest BCUT2D eigenvalue weighted by Crippen LogP contribution is -2.49. The number of likely N-dealkylation sites (N-methyl/N-ethyl adjacent to an activating group) is 1. The number of hydrogen-bond acceptors (Lipinski definition) is 6. The van der Waals surface area contributed by atoms with Gasteiger partial charge in [-0.15, -0.1) is 0 Å². The highest BCUT2D eigenvalue weighted by Crippen LogP contribution is 2.37. The van der Waals surface area contributed by atoms with Crippen LogP contribution in [0.5, 0.6) is 0 Å². The maximum atomic E-state index is 6.39. The lowest BCUT2D eigenvalue weighted by molar-refractivity contribution is 0.0815. The van der Waals surface area contributed by atoms with Gasteiger partial charge in [0.25, 0.3) is 0 Å². The fourth-order valence-corrected chi connectivity index (χ4v) is 5.92. The molecule has 2 aliphatic rings. The van der Waals surface area contributed by atoms with Crippen molar-refractivity contribution in [2.75, 3.05) is 39.0 Å². The summed E-state index contributed by atoms with van der Waals surface area (Å²) in [5, 5.41) is 5.99. The molecule has 1 aliphatic carbocycles. The number of hydrogen-bond donors (Lipinski definition) is 1. The molecule has 0 atom stereocenters. The Morgan fingerprint density at radius 1 is 0.806 bits per heavy atom. The van der Waals surface area contributed by atoms with Gasteiger partial charge in [0.2, 0.25) is 0 Å². The maximum Gasteiger partial charge on any atom is 0.164 e. The second-order valence-electron chi connectivity index (χ2n) is 10.4. The number of nitrogen functional groups attached to an aromatic ring is 1. The van der Waals surface area contributed by atoms with E-state index in [0.29, 0.717) is 17.9 Å². The van der Waals surface area contributed by atoms with Crippen molar-refractivity contribution in [2.45, 2.75) is 44.2 Å². The van der Waals surface area contributed by atoms with Gasteiger partial charge in [-0.05, 0) is 50.3 Å². The summed E-state index contributed by atoms with van der Waals surface area (Å²) in [7, 11) is 2.22. The van der Waals surface area contributed by atoms with E-state index in [4.69, 9.17) is 10.8 Å². The van der Waals surface area contributed by atoms with Crippen LogP contribution in [-0.2, 0) is 6.42 Å². The molecule has 3 heterocycles. The van der Waals surface area contributed by atoms with E-state index in [0.717, 1.165) is 41.6 Å². The van der Waals surface area contributed by atoms with Crippen LogP contribution in [0.2, 0.25) is 0 Å². The Bertz CT molecular complexity index is 1300. The molecule has 0 amide bonds. The lowest BCUT2D eigenvalue weighted by atomic mass is 9.90. The van der Waals surface area contributed by atoms with Gasteiger partial charge in [0, 0.05) is 37.8 Å². The number of rotatable bonds is 5. The van der Waals surface area contributed by atoms with Crippen molar-refractivity contribution in [1.29, 1.82) is 0 Å². The maximum absolute atomic E-state index is 6.39. The molecule has 7 heteroatoms. The summed E-state index contributed by atoms with van der Waals surface area (Å²) in [6.45, 7) is 4.72. The molecule has 0 spiro atoms. The highest BCUT2D eigenvalue weighted by atomic mass is 15.3. The SMILES string of the molecule is CN1CCN(C2CCC(n3nc(-c4ccc(Cc5ccccc5)cc4)c4c(N)ncnc43)CC2)CC1. The number of benzene rings is 2. The zero-order valence-corrected chi connectivity index (χ0v) is 21.1. The van der Waals surface area contributed by atoms with Crippen LogP contribution >= 0.6 is 0 Å². The van der Waals surface area contributed by atoms with Crippen LogP contribution in [0.15, 0.2) is 60.9 Å². The van der Waals surface area contributed by atoms with E-state index in [2.05, 4.69) is 86.1 Å². The van der Waals surface area contributed by atoms with Crippen molar-refractivity contribution < 1.29 is 0 Å². The van der Waals surface area contributed by atoms with Crippen molar-refractivity contribution in [1.82, 2.24) is 29.5 Å². The highest BCUT2D eigenvalue weighted by Gasteiger charge is 2.30. The zero-order valence-electron chi connectivity index (χ0n) is 21.1. The number of piperazine rings is 1. The van der Waals surface area contributed by atoms with E-state index < -0.39 is 0 Å². The molecule has 2 aromatic heterocycles. The molecule has 0 radical (unpaired) electrons. The molecule has 0 bridgehead atoms. The van der Waals surface area contributed by atoms with E-state index in [1.807, 2.05) is 0 Å². The smallest absolute Gasteiger partial charge is 0.164 e. The first-order valence-corrected chi connectivity index (χ1v) is 13.2. The van der Waals surface area contributed by atoms with E-state index in [1.165, 1.54) is 50.1 Å². The standard InChI is InChI=1S/C29H35N7/c1-34-15-17-35(18-16-34)24-11-13-25(14-12-24)36-29-26(28(30)31-20-32-29)27(33-36)23-9-7-22(8-10-23)19-21-5-3-2-4-6-21/h2-10,20,24-25H,11-19H2,1H3,(H2,30,31,32). The first kappa shape index (κ1) is 23.1. The van der Waals surface area contributed by atoms with E-state index in [9.17, 15) is 0 Å². The minimum Gasteiger partial charge on any atom is -0.383 e. The van der Waals surface area contributed by atoms with Crippen LogP contribution in [0.3, 0.4) is 0 Å². The van der Waals surface area contributed by atoms with E-state index >= 15 is 0 Å². The van der Waals surface area contributed by atoms with Crippen molar-refractivity contribution >= 4 is 16.9 Å². The lowest BCUT2D eigenvalue weighted by Gasteiger charge is -2.41. The number of nitrogens with zero attached hydrogens (tertiary/aromatic N) is 6. The number of nitrogens with two attached hydrogens (primary N) is 1. The largest absolute Gasteiger partial charge is 0.383 e. The van der Waals surface area contributed by atoms with Gasteiger partial charge < -0.3 is 10.6 Å². The minimum absolute atomic E-state index is 0.344. The predicted molar refractivity (Wildman–Crippen MR) is 145 cm³/mol. The van der Waals surface area contributed by atoms with E-state index in [1.54, 1.807) is 6.33 Å². The Morgan fingerprint density at radius 3 is 2.19 bits per heavy atom.